The average Bonchev–Trinajstić information content (AvgIpc) is 3.60. The number of amides is 3. The predicted molar refractivity (Wildman–Crippen MR) is 138 cm³/mol. The fraction of sp³-hybridized carbons (Fsp3) is 0.0370. The summed E-state index contributed by atoms with van der Waals surface area (Å²) in [4.78, 5) is 28.6. The van der Waals surface area contributed by atoms with Crippen molar-refractivity contribution in [3.8, 4) is 28.6 Å². The third kappa shape index (κ3) is 5.51. The second-order valence-electron chi connectivity index (χ2n) is 7.95. The quantitative estimate of drug-likeness (QED) is 0.266. The fourth-order valence-corrected chi connectivity index (χ4v) is 3.57. The molecule has 0 radical (unpaired) electrons. The molecule has 190 valence electrons. The number of hydrogen-bond donors (Lipinski definition) is 3. The summed E-state index contributed by atoms with van der Waals surface area (Å²) in [5, 5.41) is 12.5. The Balaban J connectivity index is 1.29. The van der Waals surface area contributed by atoms with E-state index < -0.39 is 11.8 Å². The highest BCUT2D eigenvalue weighted by Crippen LogP contribution is 2.26. The lowest BCUT2D eigenvalue weighted by atomic mass is 10.3. The van der Waals surface area contributed by atoms with Gasteiger partial charge in [0.2, 0.25) is 0 Å². The van der Waals surface area contributed by atoms with Gasteiger partial charge in [-0.2, -0.15) is 5.10 Å². The molecule has 0 spiro atoms. The molecule has 2 aromatic carbocycles. The number of furan rings is 1. The molecule has 38 heavy (non-hydrogen) atoms. The van der Waals surface area contributed by atoms with Crippen LogP contribution >= 0.6 is 0 Å². The average molecular weight is 513 g/mol. The summed E-state index contributed by atoms with van der Waals surface area (Å²) in [6.45, 7) is 0. The van der Waals surface area contributed by atoms with Gasteiger partial charge in [0.15, 0.2) is 5.76 Å². The molecular formula is C27H21FN6O4. The van der Waals surface area contributed by atoms with Gasteiger partial charge in [0, 0.05) is 31.1 Å². The molecule has 0 saturated carbocycles. The number of rotatable bonds is 7. The van der Waals surface area contributed by atoms with E-state index in [-0.39, 0.29) is 11.6 Å². The second kappa shape index (κ2) is 10.7. The van der Waals surface area contributed by atoms with E-state index in [1.54, 1.807) is 60.7 Å². The van der Waals surface area contributed by atoms with Crippen LogP contribution in [0.3, 0.4) is 0 Å². The van der Waals surface area contributed by atoms with Crippen LogP contribution in [0, 0.1) is 5.82 Å². The maximum atomic E-state index is 13.9. The number of nitrogens with one attached hydrogen (secondary N) is 3. The molecule has 11 heteroatoms. The Morgan fingerprint density at radius 3 is 2.53 bits per heavy atom. The van der Waals surface area contributed by atoms with Crippen molar-refractivity contribution in [1.82, 2.24) is 20.1 Å². The number of urea groups is 1. The molecule has 0 saturated heterocycles. The third-order valence-corrected chi connectivity index (χ3v) is 5.32. The van der Waals surface area contributed by atoms with Crippen LogP contribution in [-0.4, -0.2) is 33.8 Å². The van der Waals surface area contributed by atoms with E-state index in [0.29, 0.717) is 40.1 Å². The van der Waals surface area contributed by atoms with Crippen molar-refractivity contribution in [2.24, 2.45) is 0 Å². The minimum Gasteiger partial charge on any atom is -0.463 e. The number of pyridine rings is 1. The topological polar surface area (TPSA) is 123 Å². The third-order valence-electron chi connectivity index (χ3n) is 5.32. The molecule has 3 heterocycles. The number of halogens is 1. The highest BCUT2D eigenvalue weighted by molar-refractivity contribution is 5.99. The normalized spacial score (nSPS) is 10.6. The number of carbonyl (C=O) groups is 2. The van der Waals surface area contributed by atoms with E-state index in [1.807, 2.05) is 0 Å². The number of benzene rings is 2. The molecule has 0 unspecified atom stereocenters. The number of aromatic nitrogens is 3. The number of ether oxygens (including phenoxy) is 1. The van der Waals surface area contributed by atoms with Gasteiger partial charge in [0.05, 0.1) is 12.0 Å². The van der Waals surface area contributed by atoms with Gasteiger partial charge in [-0.3, -0.25) is 15.1 Å². The van der Waals surface area contributed by atoms with E-state index in [0.717, 1.165) is 0 Å². The van der Waals surface area contributed by atoms with Crippen LogP contribution in [0.1, 0.15) is 10.5 Å². The summed E-state index contributed by atoms with van der Waals surface area (Å²) < 4.78 is 26.5. The van der Waals surface area contributed by atoms with Crippen molar-refractivity contribution in [3.05, 3.63) is 103 Å². The van der Waals surface area contributed by atoms with Crippen molar-refractivity contribution in [3.63, 3.8) is 0 Å². The largest absolute Gasteiger partial charge is 0.463 e. The summed E-state index contributed by atoms with van der Waals surface area (Å²) >= 11 is 0. The van der Waals surface area contributed by atoms with E-state index in [2.05, 4.69) is 26.0 Å². The van der Waals surface area contributed by atoms with E-state index in [9.17, 15) is 14.0 Å². The second-order valence-corrected chi connectivity index (χ2v) is 7.95. The first-order valence-electron chi connectivity index (χ1n) is 11.4. The molecule has 3 N–H and O–H groups in total. The van der Waals surface area contributed by atoms with Crippen LogP contribution in [0.5, 0.6) is 11.5 Å². The molecule has 0 aliphatic heterocycles. The van der Waals surface area contributed by atoms with Gasteiger partial charge in [0.25, 0.3) is 5.91 Å². The van der Waals surface area contributed by atoms with Gasteiger partial charge < -0.3 is 19.8 Å². The molecule has 0 aliphatic carbocycles. The van der Waals surface area contributed by atoms with Gasteiger partial charge in [-0.05, 0) is 60.7 Å². The first-order valence-corrected chi connectivity index (χ1v) is 11.4. The summed E-state index contributed by atoms with van der Waals surface area (Å²) in [5.74, 6) is 0.982. The Hall–Kier alpha value is -5.45. The predicted octanol–water partition coefficient (Wildman–Crippen LogP) is 5.46. The van der Waals surface area contributed by atoms with Crippen molar-refractivity contribution in [2.45, 2.75) is 0 Å². The van der Waals surface area contributed by atoms with Crippen molar-refractivity contribution in [1.29, 1.82) is 0 Å². The first kappa shape index (κ1) is 24.3. The lowest BCUT2D eigenvalue weighted by Gasteiger charge is -2.11. The summed E-state index contributed by atoms with van der Waals surface area (Å²) in [6.07, 6.45) is 2.99. The lowest BCUT2D eigenvalue weighted by molar-refractivity contribution is 0.0957. The zero-order valence-corrected chi connectivity index (χ0v) is 20.0. The summed E-state index contributed by atoms with van der Waals surface area (Å²) in [7, 11) is 1.52. The number of hydrogen-bond acceptors (Lipinski definition) is 6. The molecule has 0 atom stereocenters. The number of carbonyl (C=O) groups excluding carboxylic acids is 2. The van der Waals surface area contributed by atoms with Crippen LogP contribution in [0.2, 0.25) is 0 Å². The molecule has 0 aliphatic rings. The van der Waals surface area contributed by atoms with E-state index in [1.165, 1.54) is 42.4 Å². The van der Waals surface area contributed by atoms with Gasteiger partial charge in [-0.15, -0.1) is 0 Å². The van der Waals surface area contributed by atoms with E-state index in [4.69, 9.17) is 9.15 Å². The monoisotopic (exact) mass is 512 g/mol. The minimum absolute atomic E-state index is 0.229. The smallest absolute Gasteiger partial charge is 0.324 e. The van der Waals surface area contributed by atoms with Crippen molar-refractivity contribution in [2.75, 3.05) is 17.7 Å². The molecule has 3 aromatic heterocycles. The Labute approximate surface area is 216 Å². The van der Waals surface area contributed by atoms with E-state index >= 15 is 0 Å². The van der Waals surface area contributed by atoms with Gasteiger partial charge in [0.1, 0.15) is 34.5 Å². The van der Waals surface area contributed by atoms with Crippen LogP contribution in [0.15, 0.2) is 95.7 Å². The molecule has 10 nitrogen and oxygen atoms in total. The van der Waals surface area contributed by atoms with Gasteiger partial charge >= 0.3 is 6.03 Å². The maximum Gasteiger partial charge on any atom is 0.324 e. The SMILES string of the molecule is CNC(=O)c1cc(Oc2ccc(NC(=O)Nc3cc(-c4ccco4)nn3-c3cccc(F)c3)cc2)ccn1. The fourth-order valence-electron chi connectivity index (χ4n) is 3.57. The number of anilines is 2. The molecule has 5 aromatic rings. The molecule has 5 rings (SSSR count). The van der Waals surface area contributed by atoms with Crippen LogP contribution in [-0.2, 0) is 0 Å². The van der Waals surface area contributed by atoms with Gasteiger partial charge in [-0.25, -0.2) is 13.9 Å². The summed E-state index contributed by atoms with van der Waals surface area (Å²) in [5.41, 5.74) is 1.62. The molecular weight excluding hydrogens is 491 g/mol. The highest BCUT2D eigenvalue weighted by Gasteiger charge is 2.16. The van der Waals surface area contributed by atoms with Crippen LogP contribution < -0.4 is 20.7 Å². The minimum atomic E-state index is -0.536. The molecule has 0 fully saturated rings. The molecule has 3 amide bonds. The summed E-state index contributed by atoms with van der Waals surface area (Å²) in [6, 6.07) is 20.2. The molecule has 0 bridgehead atoms. The van der Waals surface area contributed by atoms with Crippen LogP contribution in [0.25, 0.3) is 17.1 Å². The Morgan fingerprint density at radius 2 is 1.79 bits per heavy atom. The van der Waals surface area contributed by atoms with Gasteiger partial charge in [-0.1, -0.05) is 6.07 Å². The maximum absolute atomic E-state index is 13.9. The zero-order valence-electron chi connectivity index (χ0n) is 20.0. The Kier molecular flexibility index (Phi) is 6.81. The standard InChI is InChI=1S/C27H21FN6O4/c1-29-26(35)23-15-21(11-12-30-23)38-20-9-7-18(8-10-20)31-27(36)32-25-16-22(24-6-3-13-37-24)33-34(25)19-5-2-4-17(28)14-19/h2-16H,1H3,(H,29,35)(H2,31,32,36). The van der Waals surface area contributed by atoms with Crippen molar-refractivity contribution >= 4 is 23.4 Å². The first-order chi connectivity index (χ1) is 18.5. The highest BCUT2D eigenvalue weighted by atomic mass is 19.1. The zero-order chi connectivity index (χ0) is 26.5. The van der Waals surface area contributed by atoms with Crippen LogP contribution in [0.4, 0.5) is 20.7 Å². The number of nitrogens with zero attached hydrogens (tertiary/aromatic N) is 3. The Morgan fingerprint density at radius 1 is 0.947 bits per heavy atom. The van der Waals surface area contributed by atoms with Crippen molar-refractivity contribution < 1.29 is 23.1 Å². The lowest BCUT2D eigenvalue weighted by Crippen LogP contribution is -2.21. The Bertz CT molecular complexity index is 1580.